The third-order valence-electron chi connectivity index (χ3n) is 9.03. The van der Waals surface area contributed by atoms with E-state index >= 15 is 0 Å². The maximum Gasteiger partial charge on any atom is 0.246 e. The molecule has 4 rings (SSSR count). The number of nitrogens with one attached hydrogen (secondary N) is 1. The quantitative estimate of drug-likeness (QED) is 0.494. The van der Waals surface area contributed by atoms with Crippen molar-refractivity contribution < 1.29 is 18.0 Å². The van der Waals surface area contributed by atoms with Gasteiger partial charge in [0.1, 0.15) is 11.6 Å². The van der Waals surface area contributed by atoms with E-state index in [-0.39, 0.29) is 17.9 Å². The van der Waals surface area contributed by atoms with Crippen LogP contribution in [0.25, 0.3) is 0 Å². The Morgan fingerprint density at radius 3 is 2.28 bits per heavy atom. The molecule has 3 saturated heterocycles. The van der Waals surface area contributed by atoms with Crippen molar-refractivity contribution >= 4 is 21.8 Å². The fraction of sp³-hybridized carbons (Fsp3) is 0.821. The Balaban J connectivity index is 1.43. The average molecular weight is 565 g/mol. The predicted octanol–water partition coefficient (Wildman–Crippen LogP) is 2.60. The van der Waals surface area contributed by atoms with Crippen molar-refractivity contribution in [2.45, 2.75) is 104 Å². The van der Waals surface area contributed by atoms with Crippen molar-refractivity contribution in [3.05, 3.63) is 17.0 Å². The van der Waals surface area contributed by atoms with E-state index in [1.807, 2.05) is 11.8 Å². The van der Waals surface area contributed by atoms with Crippen molar-refractivity contribution in [2.24, 2.45) is 5.92 Å². The van der Waals surface area contributed by atoms with Gasteiger partial charge in [0.05, 0.1) is 18.0 Å². The van der Waals surface area contributed by atoms with E-state index in [4.69, 9.17) is 5.10 Å². The van der Waals surface area contributed by atoms with Crippen LogP contribution in [0.2, 0.25) is 0 Å². The first-order valence-corrected chi connectivity index (χ1v) is 16.6. The number of carbonyl (C=O) groups is 2. The number of sulfonamides is 1. The molecule has 0 saturated carbocycles. The molecule has 220 valence electrons. The number of likely N-dealkylation sites (tertiary alicyclic amines) is 1. The van der Waals surface area contributed by atoms with Gasteiger partial charge in [-0.3, -0.25) is 19.2 Å². The minimum Gasteiger partial charge on any atom is -0.342 e. The van der Waals surface area contributed by atoms with Crippen molar-refractivity contribution in [3.8, 4) is 0 Å². The van der Waals surface area contributed by atoms with Crippen LogP contribution in [0.1, 0.15) is 88.7 Å². The molecule has 1 aromatic rings. The second-order valence-corrected chi connectivity index (χ2v) is 14.3. The molecule has 11 heteroatoms. The lowest BCUT2D eigenvalue weighted by Gasteiger charge is -2.52. The van der Waals surface area contributed by atoms with Crippen molar-refractivity contribution in [1.82, 2.24) is 29.2 Å². The Kier molecular flexibility index (Phi) is 9.12. The number of piperidine rings is 2. The van der Waals surface area contributed by atoms with Crippen LogP contribution in [0.15, 0.2) is 0 Å². The summed E-state index contributed by atoms with van der Waals surface area (Å²) in [5.41, 5.74) is 2.60. The van der Waals surface area contributed by atoms with Gasteiger partial charge in [-0.25, -0.2) is 12.7 Å². The zero-order valence-corrected chi connectivity index (χ0v) is 25.5. The fourth-order valence-electron chi connectivity index (χ4n) is 6.65. The number of hydrogen-bond acceptors (Lipinski definition) is 6. The minimum absolute atomic E-state index is 0.0177. The zero-order chi connectivity index (χ0) is 28.5. The maximum atomic E-state index is 13.5. The summed E-state index contributed by atoms with van der Waals surface area (Å²) in [4.78, 5) is 31.4. The van der Waals surface area contributed by atoms with Gasteiger partial charge in [-0.2, -0.15) is 5.10 Å². The second kappa shape index (κ2) is 11.9. The molecule has 0 bridgehead atoms. The molecule has 3 aliphatic rings. The second-order valence-electron chi connectivity index (χ2n) is 12.3. The number of amides is 2. The Bertz CT molecular complexity index is 1150. The number of unbranched alkanes of at least 4 members (excludes halogenated alkanes) is 1. The summed E-state index contributed by atoms with van der Waals surface area (Å²) in [6.07, 6.45) is 6.63. The molecule has 39 heavy (non-hydrogen) atoms. The molecule has 0 aromatic carbocycles. The van der Waals surface area contributed by atoms with Crippen LogP contribution in [-0.2, 0) is 26.2 Å². The Morgan fingerprint density at radius 1 is 1.08 bits per heavy atom. The standard InChI is InChI=1S/C28H48N6O4S/c1-7-8-13-33-26(35)25(18-20(2)3)29-27(36)28(33)11-16-31(17-12-28)19-24-21(4)30-34(22(24)5)23-9-14-32(15-10-23)39(6,37)38/h20,23,25H,7-19H2,1-6H3,(H,29,36). The van der Waals surface area contributed by atoms with Gasteiger partial charge in [-0.05, 0) is 58.3 Å². The number of rotatable bonds is 9. The molecule has 0 aliphatic carbocycles. The molecule has 0 radical (unpaired) electrons. The van der Waals surface area contributed by atoms with E-state index < -0.39 is 21.6 Å². The molecule has 1 unspecified atom stereocenters. The summed E-state index contributed by atoms with van der Waals surface area (Å²) in [7, 11) is -3.16. The van der Waals surface area contributed by atoms with E-state index in [2.05, 4.69) is 42.6 Å². The number of aryl methyl sites for hydroxylation is 1. The van der Waals surface area contributed by atoms with Crippen LogP contribution in [0, 0.1) is 19.8 Å². The van der Waals surface area contributed by atoms with E-state index in [0.29, 0.717) is 44.8 Å². The van der Waals surface area contributed by atoms with Crippen molar-refractivity contribution in [2.75, 3.05) is 39.0 Å². The van der Waals surface area contributed by atoms with Crippen LogP contribution >= 0.6 is 0 Å². The lowest BCUT2D eigenvalue weighted by molar-refractivity contribution is -0.161. The number of piperazine rings is 1. The average Bonchev–Trinajstić information content (AvgIpc) is 3.16. The molecule has 10 nitrogen and oxygen atoms in total. The number of hydrogen-bond donors (Lipinski definition) is 1. The molecular formula is C28H48N6O4S. The Hall–Kier alpha value is -1.98. The molecule has 1 atom stereocenters. The normalized spacial score (nSPS) is 23.7. The SMILES string of the molecule is CCCCN1C(=O)C(CC(C)C)NC(=O)C12CCN(Cc1c(C)nn(C3CCN(S(C)(=O)=O)CC3)c1C)CC2. The summed E-state index contributed by atoms with van der Waals surface area (Å²) >= 11 is 0. The maximum absolute atomic E-state index is 13.5. The van der Waals surface area contributed by atoms with E-state index in [0.717, 1.165) is 56.7 Å². The monoisotopic (exact) mass is 564 g/mol. The summed E-state index contributed by atoms with van der Waals surface area (Å²) in [5.74, 6) is 0.437. The van der Waals surface area contributed by atoms with E-state index in [9.17, 15) is 18.0 Å². The molecule has 3 fully saturated rings. The fourth-order valence-corrected chi connectivity index (χ4v) is 7.52. The molecule has 1 aromatic heterocycles. The summed E-state index contributed by atoms with van der Waals surface area (Å²) in [6, 6.07) is -0.221. The Morgan fingerprint density at radius 2 is 1.72 bits per heavy atom. The van der Waals surface area contributed by atoms with Crippen LogP contribution in [0.4, 0.5) is 0 Å². The van der Waals surface area contributed by atoms with Crippen LogP contribution in [0.5, 0.6) is 0 Å². The van der Waals surface area contributed by atoms with E-state index in [1.54, 1.807) is 4.31 Å². The highest BCUT2D eigenvalue weighted by molar-refractivity contribution is 7.88. The van der Waals surface area contributed by atoms with E-state index in [1.165, 1.54) is 11.8 Å². The summed E-state index contributed by atoms with van der Waals surface area (Å²) in [6.45, 7) is 14.4. The highest BCUT2D eigenvalue weighted by Gasteiger charge is 2.53. The molecule has 1 N–H and O–H groups in total. The van der Waals surface area contributed by atoms with Gasteiger partial charge in [0.15, 0.2) is 0 Å². The van der Waals surface area contributed by atoms with Gasteiger partial charge in [-0.1, -0.05) is 27.2 Å². The molecule has 3 aliphatic heterocycles. The molecule has 2 amide bonds. The summed E-state index contributed by atoms with van der Waals surface area (Å²) in [5, 5.41) is 7.97. The van der Waals surface area contributed by atoms with Crippen LogP contribution in [-0.4, -0.2) is 94.7 Å². The first-order chi connectivity index (χ1) is 18.4. The third kappa shape index (κ3) is 6.20. The van der Waals surface area contributed by atoms with Gasteiger partial charge in [0.2, 0.25) is 21.8 Å². The topological polar surface area (TPSA) is 108 Å². The van der Waals surface area contributed by atoms with Gasteiger partial charge in [0, 0.05) is 50.5 Å². The van der Waals surface area contributed by atoms with Crippen LogP contribution in [0.3, 0.4) is 0 Å². The Labute approximate surface area is 234 Å². The predicted molar refractivity (Wildman–Crippen MR) is 152 cm³/mol. The van der Waals surface area contributed by atoms with Crippen LogP contribution < -0.4 is 5.32 Å². The van der Waals surface area contributed by atoms with Gasteiger partial charge in [0.25, 0.3) is 0 Å². The number of nitrogens with zero attached hydrogens (tertiary/aromatic N) is 5. The first-order valence-electron chi connectivity index (χ1n) is 14.7. The first kappa shape index (κ1) is 30.0. The highest BCUT2D eigenvalue weighted by atomic mass is 32.2. The zero-order valence-electron chi connectivity index (χ0n) is 24.7. The summed E-state index contributed by atoms with van der Waals surface area (Å²) < 4.78 is 27.5. The number of aromatic nitrogens is 2. The smallest absolute Gasteiger partial charge is 0.246 e. The lowest BCUT2D eigenvalue weighted by Crippen LogP contribution is -2.73. The highest BCUT2D eigenvalue weighted by Crippen LogP contribution is 2.35. The van der Waals surface area contributed by atoms with Gasteiger partial charge >= 0.3 is 0 Å². The van der Waals surface area contributed by atoms with Crippen molar-refractivity contribution in [3.63, 3.8) is 0 Å². The largest absolute Gasteiger partial charge is 0.342 e. The van der Waals surface area contributed by atoms with Gasteiger partial charge in [-0.15, -0.1) is 0 Å². The molecule has 1 spiro atoms. The molecular weight excluding hydrogens is 516 g/mol. The minimum atomic E-state index is -3.16. The van der Waals surface area contributed by atoms with Gasteiger partial charge < -0.3 is 10.2 Å². The number of carbonyl (C=O) groups excluding carboxylic acids is 2. The molecule has 4 heterocycles. The van der Waals surface area contributed by atoms with Crippen molar-refractivity contribution in [1.29, 1.82) is 0 Å². The third-order valence-corrected chi connectivity index (χ3v) is 10.3. The lowest BCUT2D eigenvalue weighted by atomic mass is 9.80.